The topological polar surface area (TPSA) is 46.5 Å². The van der Waals surface area contributed by atoms with Crippen molar-refractivity contribution in [1.29, 1.82) is 0 Å². The van der Waals surface area contributed by atoms with E-state index in [9.17, 15) is 4.79 Å². The van der Waals surface area contributed by atoms with Crippen molar-refractivity contribution in [2.75, 3.05) is 25.2 Å². The van der Waals surface area contributed by atoms with E-state index in [0.717, 1.165) is 24.3 Å². The second-order valence-corrected chi connectivity index (χ2v) is 6.77. The van der Waals surface area contributed by atoms with Gasteiger partial charge in [-0.3, -0.25) is 0 Å². The zero-order valence-corrected chi connectivity index (χ0v) is 15.1. The van der Waals surface area contributed by atoms with Gasteiger partial charge in [0.1, 0.15) is 5.75 Å². The van der Waals surface area contributed by atoms with Gasteiger partial charge in [0.05, 0.1) is 18.8 Å². The summed E-state index contributed by atoms with van der Waals surface area (Å²) < 4.78 is 7.51. The van der Waals surface area contributed by atoms with E-state index in [1.54, 1.807) is 18.9 Å². The molecule has 0 bridgehead atoms. The van der Waals surface area contributed by atoms with E-state index in [1.165, 1.54) is 5.69 Å². The molecule has 1 atom stereocenters. The fourth-order valence-corrected chi connectivity index (χ4v) is 3.66. The maximum absolute atomic E-state index is 12.8. The van der Waals surface area contributed by atoms with E-state index < -0.39 is 0 Å². The number of amides is 2. The molecule has 0 unspecified atom stereocenters. The Morgan fingerprint density at radius 3 is 2.88 bits per heavy atom. The quantitative estimate of drug-likeness (QED) is 0.848. The Hall–Kier alpha value is -2.08. The Morgan fingerprint density at radius 1 is 1.38 bits per heavy atom. The average molecular weight is 345 g/mol. The Bertz CT molecular complexity index is 729. The van der Waals surface area contributed by atoms with E-state index in [4.69, 9.17) is 4.74 Å². The number of hydrogen-bond acceptors (Lipinski definition) is 3. The summed E-state index contributed by atoms with van der Waals surface area (Å²) in [6.07, 6.45) is 6.05. The summed E-state index contributed by atoms with van der Waals surface area (Å²) >= 11 is 1.65. The Morgan fingerprint density at radius 2 is 2.21 bits per heavy atom. The SMILES string of the molecule is COc1cc(SC)ccc1NC(=O)N1CCC[C@@H]1c1cccn1C. The van der Waals surface area contributed by atoms with Gasteiger partial charge in [-0.2, -0.15) is 0 Å². The number of urea groups is 1. The molecule has 0 spiro atoms. The number of aryl methyl sites for hydroxylation is 1. The van der Waals surface area contributed by atoms with Crippen LogP contribution in [-0.4, -0.2) is 35.4 Å². The summed E-state index contributed by atoms with van der Waals surface area (Å²) in [5.41, 5.74) is 1.88. The largest absolute Gasteiger partial charge is 0.495 e. The summed E-state index contributed by atoms with van der Waals surface area (Å²) in [7, 11) is 3.64. The number of methoxy groups -OCH3 is 1. The molecule has 1 aliphatic heterocycles. The lowest BCUT2D eigenvalue weighted by Crippen LogP contribution is -2.35. The smallest absolute Gasteiger partial charge is 0.322 e. The molecule has 1 N–H and O–H groups in total. The lowest BCUT2D eigenvalue weighted by Gasteiger charge is -2.26. The number of hydrogen-bond donors (Lipinski definition) is 1. The number of aromatic nitrogens is 1. The molecule has 6 heteroatoms. The maximum Gasteiger partial charge on any atom is 0.322 e. The normalized spacial score (nSPS) is 17.1. The summed E-state index contributed by atoms with van der Waals surface area (Å²) in [4.78, 5) is 15.8. The predicted molar refractivity (Wildman–Crippen MR) is 97.9 cm³/mol. The number of benzene rings is 1. The first-order valence-electron chi connectivity index (χ1n) is 8.05. The van der Waals surface area contributed by atoms with Gasteiger partial charge in [-0.1, -0.05) is 0 Å². The van der Waals surface area contributed by atoms with Crippen molar-refractivity contribution in [3.05, 3.63) is 42.2 Å². The van der Waals surface area contributed by atoms with Crippen molar-refractivity contribution in [3.63, 3.8) is 0 Å². The third-order valence-corrected chi connectivity index (χ3v) is 5.21. The molecule has 0 aliphatic carbocycles. The average Bonchev–Trinajstić information content (AvgIpc) is 3.23. The van der Waals surface area contributed by atoms with Gasteiger partial charge in [-0.05, 0) is 49.4 Å². The number of carbonyl (C=O) groups excluding carboxylic acids is 1. The number of ether oxygens (including phenoxy) is 1. The van der Waals surface area contributed by atoms with Crippen LogP contribution in [0, 0.1) is 0 Å². The highest BCUT2D eigenvalue weighted by Crippen LogP contribution is 2.34. The van der Waals surface area contributed by atoms with Crippen LogP contribution in [0.2, 0.25) is 0 Å². The summed E-state index contributed by atoms with van der Waals surface area (Å²) in [5.74, 6) is 0.685. The number of likely N-dealkylation sites (tertiary alicyclic amines) is 1. The summed E-state index contributed by atoms with van der Waals surface area (Å²) in [5, 5.41) is 3.01. The highest BCUT2D eigenvalue weighted by atomic mass is 32.2. The van der Waals surface area contributed by atoms with Gasteiger partial charge < -0.3 is 19.5 Å². The van der Waals surface area contributed by atoms with Crippen molar-refractivity contribution in [3.8, 4) is 5.75 Å². The lowest BCUT2D eigenvalue weighted by molar-refractivity contribution is 0.205. The number of thioether (sulfide) groups is 1. The molecule has 24 heavy (non-hydrogen) atoms. The van der Waals surface area contributed by atoms with Crippen LogP contribution in [0.4, 0.5) is 10.5 Å². The third kappa shape index (κ3) is 3.24. The molecule has 1 saturated heterocycles. The fraction of sp³-hybridized carbons (Fsp3) is 0.389. The fourth-order valence-electron chi connectivity index (χ4n) is 3.23. The van der Waals surface area contributed by atoms with Crippen LogP contribution in [0.3, 0.4) is 0 Å². The van der Waals surface area contributed by atoms with Crippen molar-refractivity contribution >= 4 is 23.5 Å². The van der Waals surface area contributed by atoms with Crippen LogP contribution in [0.25, 0.3) is 0 Å². The molecular formula is C18H23N3O2S. The van der Waals surface area contributed by atoms with E-state index >= 15 is 0 Å². The minimum absolute atomic E-state index is 0.0751. The van der Waals surface area contributed by atoms with E-state index in [2.05, 4.69) is 16.0 Å². The molecule has 1 aromatic heterocycles. The van der Waals surface area contributed by atoms with Crippen molar-refractivity contribution in [2.24, 2.45) is 7.05 Å². The second-order valence-electron chi connectivity index (χ2n) is 5.89. The van der Waals surface area contributed by atoms with Crippen LogP contribution < -0.4 is 10.1 Å². The second kappa shape index (κ2) is 7.21. The molecule has 1 aliphatic rings. The lowest BCUT2D eigenvalue weighted by atomic mass is 10.1. The Labute approximate surface area is 147 Å². The van der Waals surface area contributed by atoms with Gasteiger partial charge in [0.15, 0.2) is 0 Å². The minimum atomic E-state index is -0.0751. The highest BCUT2D eigenvalue weighted by molar-refractivity contribution is 7.98. The van der Waals surface area contributed by atoms with Gasteiger partial charge in [0, 0.05) is 30.4 Å². The Kier molecular flexibility index (Phi) is 5.04. The van der Waals surface area contributed by atoms with Gasteiger partial charge in [-0.25, -0.2) is 4.79 Å². The molecule has 0 saturated carbocycles. The van der Waals surface area contributed by atoms with Crippen LogP contribution in [0.5, 0.6) is 5.75 Å². The molecule has 0 radical (unpaired) electrons. The third-order valence-electron chi connectivity index (χ3n) is 4.49. The van der Waals surface area contributed by atoms with Crippen molar-refractivity contribution in [1.82, 2.24) is 9.47 Å². The maximum atomic E-state index is 12.8. The zero-order chi connectivity index (χ0) is 17.1. The first-order chi connectivity index (χ1) is 11.6. The first kappa shape index (κ1) is 16.8. The molecule has 5 nitrogen and oxygen atoms in total. The summed E-state index contributed by atoms with van der Waals surface area (Å²) in [6, 6.07) is 9.99. The van der Waals surface area contributed by atoms with E-state index in [1.807, 2.05) is 48.7 Å². The van der Waals surface area contributed by atoms with Crippen LogP contribution >= 0.6 is 11.8 Å². The van der Waals surface area contributed by atoms with Crippen molar-refractivity contribution in [2.45, 2.75) is 23.8 Å². The van der Waals surface area contributed by atoms with Gasteiger partial charge in [0.2, 0.25) is 0 Å². The van der Waals surface area contributed by atoms with Crippen LogP contribution in [-0.2, 0) is 7.05 Å². The molecular weight excluding hydrogens is 322 g/mol. The molecule has 2 heterocycles. The van der Waals surface area contributed by atoms with Crippen LogP contribution in [0.15, 0.2) is 41.4 Å². The number of anilines is 1. The first-order valence-corrected chi connectivity index (χ1v) is 9.27. The number of rotatable bonds is 4. The molecule has 2 amide bonds. The van der Waals surface area contributed by atoms with Gasteiger partial charge >= 0.3 is 6.03 Å². The van der Waals surface area contributed by atoms with Gasteiger partial charge in [-0.15, -0.1) is 11.8 Å². The Balaban J connectivity index is 1.78. The van der Waals surface area contributed by atoms with E-state index in [-0.39, 0.29) is 12.1 Å². The monoisotopic (exact) mass is 345 g/mol. The predicted octanol–water partition coefficient (Wildman–Crippen LogP) is 4.12. The molecule has 1 aromatic carbocycles. The molecule has 3 rings (SSSR count). The summed E-state index contributed by atoms with van der Waals surface area (Å²) in [6.45, 7) is 0.771. The number of nitrogens with zero attached hydrogens (tertiary/aromatic N) is 2. The highest BCUT2D eigenvalue weighted by Gasteiger charge is 2.31. The van der Waals surface area contributed by atoms with Crippen LogP contribution in [0.1, 0.15) is 24.6 Å². The minimum Gasteiger partial charge on any atom is -0.495 e. The molecule has 2 aromatic rings. The molecule has 1 fully saturated rings. The van der Waals surface area contributed by atoms with E-state index in [0.29, 0.717) is 11.4 Å². The number of nitrogens with one attached hydrogen (secondary N) is 1. The standard InChI is InChI=1S/C18H23N3O2S/c1-20-10-4-6-15(20)16-7-5-11-21(16)18(22)19-14-9-8-13(24-3)12-17(14)23-2/h4,6,8-10,12,16H,5,7,11H2,1-3H3,(H,19,22)/t16-/m1/s1. The van der Waals surface area contributed by atoms with Crippen molar-refractivity contribution < 1.29 is 9.53 Å². The van der Waals surface area contributed by atoms with Gasteiger partial charge in [0.25, 0.3) is 0 Å². The zero-order valence-electron chi connectivity index (χ0n) is 14.3. The molecule has 128 valence electrons. The number of carbonyl (C=O) groups is 1.